The molecule has 74 valence electrons. The van der Waals surface area contributed by atoms with Crippen LogP contribution < -0.4 is 0 Å². The molecule has 1 N–H and O–H groups in total. The van der Waals surface area contributed by atoms with Crippen molar-refractivity contribution >= 4 is 0 Å². The molecule has 0 bridgehead atoms. The standard InChI is InChI=1S/C12H20O/c1-10(9-13)6-7-11-5-4-8-12(11,2)3/h4,6,8,11,13H,5,7,9H2,1-3H3. The number of allylic oxidation sites excluding steroid dienone is 3. The van der Waals surface area contributed by atoms with Crippen molar-refractivity contribution in [3.05, 3.63) is 23.8 Å². The van der Waals surface area contributed by atoms with Crippen LogP contribution in [-0.4, -0.2) is 11.7 Å². The first kappa shape index (κ1) is 10.5. The molecule has 0 amide bonds. The lowest BCUT2D eigenvalue weighted by Gasteiger charge is -2.25. The zero-order valence-electron chi connectivity index (χ0n) is 8.88. The molecule has 13 heavy (non-hydrogen) atoms. The molecule has 0 saturated carbocycles. The van der Waals surface area contributed by atoms with Crippen LogP contribution in [-0.2, 0) is 0 Å². The van der Waals surface area contributed by atoms with Crippen molar-refractivity contribution < 1.29 is 5.11 Å². The Kier molecular flexibility index (Phi) is 3.32. The van der Waals surface area contributed by atoms with Gasteiger partial charge in [-0.15, -0.1) is 0 Å². The summed E-state index contributed by atoms with van der Waals surface area (Å²) in [4.78, 5) is 0. The number of aliphatic hydroxyl groups is 1. The van der Waals surface area contributed by atoms with Crippen molar-refractivity contribution in [3.63, 3.8) is 0 Å². The highest BCUT2D eigenvalue weighted by atomic mass is 16.3. The van der Waals surface area contributed by atoms with Crippen LogP contribution in [0.2, 0.25) is 0 Å². The van der Waals surface area contributed by atoms with E-state index < -0.39 is 0 Å². The van der Waals surface area contributed by atoms with Crippen LogP contribution in [0.5, 0.6) is 0 Å². The Balaban J connectivity index is 2.48. The van der Waals surface area contributed by atoms with E-state index in [-0.39, 0.29) is 6.61 Å². The van der Waals surface area contributed by atoms with Gasteiger partial charge in [0.05, 0.1) is 6.61 Å². The van der Waals surface area contributed by atoms with Crippen molar-refractivity contribution in [1.82, 2.24) is 0 Å². The molecule has 1 atom stereocenters. The van der Waals surface area contributed by atoms with Crippen molar-refractivity contribution in [2.45, 2.75) is 33.6 Å². The highest BCUT2D eigenvalue weighted by Crippen LogP contribution is 2.39. The highest BCUT2D eigenvalue weighted by molar-refractivity contribution is 5.10. The van der Waals surface area contributed by atoms with Crippen LogP contribution in [0.15, 0.2) is 23.8 Å². The third-order valence-electron chi connectivity index (χ3n) is 3.02. The van der Waals surface area contributed by atoms with Crippen LogP contribution in [0, 0.1) is 11.3 Å². The fourth-order valence-electron chi connectivity index (χ4n) is 1.78. The molecule has 0 heterocycles. The summed E-state index contributed by atoms with van der Waals surface area (Å²) in [6.45, 7) is 6.74. The third kappa shape index (κ3) is 2.70. The van der Waals surface area contributed by atoms with Gasteiger partial charge in [0.1, 0.15) is 0 Å². The molecule has 1 aliphatic rings. The quantitative estimate of drug-likeness (QED) is 0.662. The van der Waals surface area contributed by atoms with Gasteiger partial charge in [0.2, 0.25) is 0 Å². The molecule has 0 spiro atoms. The monoisotopic (exact) mass is 180 g/mol. The van der Waals surface area contributed by atoms with Crippen LogP contribution in [0.4, 0.5) is 0 Å². The zero-order chi connectivity index (χ0) is 9.90. The second kappa shape index (κ2) is 4.10. The van der Waals surface area contributed by atoms with Gasteiger partial charge in [-0.3, -0.25) is 0 Å². The van der Waals surface area contributed by atoms with E-state index in [9.17, 15) is 0 Å². The van der Waals surface area contributed by atoms with Crippen LogP contribution >= 0.6 is 0 Å². The van der Waals surface area contributed by atoms with Gasteiger partial charge in [0.25, 0.3) is 0 Å². The van der Waals surface area contributed by atoms with E-state index in [1.807, 2.05) is 6.92 Å². The Morgan fingerprint density at radius 3 is 2.77 bits per heavy atom. The first-order valence-corrected chi connectivity index (χ1v) is 5.00. The maximum atomic E-state index is 8.85. The maximum absolute atomic E-state index is 8.85. The normalized spacial score (nSPS) is 26.8. The predicted molar refractivity (Wildman–Crippen MR) is 56.5 cm³/mol. The Morgan fingerprint density at radius 2 is 2.31 bits per heavy atom. The molecule has 1 aliphatic carbocycles. The number of hydrogen-bond acceptors (Lipinski definition) is 1. The lowest BCUT2D eigenvalue weighted by Crippen LogP contribution is -2.16. The van der Waals surface area contributed by atoms with Crippen molar-refractivity contribution in [1.29, 1.82) is 0 Å². The smallest absolute Gasteiger partial charge is 0.0639 e. The van der Waals surface area contributed by atoms with Crippen molar-refractivity contribution in [2.24, 2.45) is 11.3 Å². The van der Waals surface area contributed by atoms with E-state index in [0.29, 0.717) is 11.3 Å². The summed E-state index contributed by atoms with van der Waals surface area (Å²) in [6.07, 6.45) is 9.01. The average molecular weight is 180 g/mol. The van der Waals surface area contributed by atoms with Gasteiger partial charge in [-0.05, 0) is 31.1 Å². The van der Waals surface area contributed by atoms with E-state index in [1.165, 1.54) is 6.42 Å². The van der Waals surface area contributed by atoms with Gasteiger partial charge < -0.3 is 5.11 Å². The Hall–Kier alpha value is -0.560. The summed E-state index contributed by atoms with van der Waals surface area (Å²) in [7, 11) is 0. The fourth-order valence-corrected chi connectivity index (χ4v) is 1.78. The minimum Gasteiger partial charge on any atom is -0.392 e. The molecule has 0 aromatic carbocycles. The minimum absolute atomic E-state index is 0.195. The molecule has 0 aliphatic heterocycles. The zero-order valence-corrected chi connectivity index (χ0v) is 8.88. The summed E-state index contributed by atoms with van der Waals surface area (Å²) < 4.78 is 0. The van der Waals surface area contributed by atoms with Gasteiger partial charge in [0, 0.05) is 0 Å². The molecule has 0 saturated heterocycles. The molecule has 0 aromatic heterocycles. The molecule has 0 radical (unpaired) electrons. The highest BCUT2D eigenvalue weighted by Gasteiger charge is 2.28. The SMILES string of the molecule is CC(=CCC1CC=CC1(C)C)CO. The number of aliphatic hydroxyl groups excluding tert-OH is 1. The van der Waals surface area contributed by atoms with E-state index in [2.05, 4.69) is 32.1 Å². The molecule has 0 fully saturated rings. The van der Waals surface area contributed by atoms with Gasteiger partial charge in [-0.25, -0.2) is 0 Å². The molecule has 1 heteroatoms. The van der Waals surface area contributed by atoms with Crippen LogP contribution in [0.1, 0.15) is 33.6 Å². The van der Waals surface area contributed by atoms with Gasteiger partial charge in [-0.1, -0.05) is 37.6 Å². The van der Waals surface area contributed by atoms with E-state index in [4.69, 9.17) is 5.11 Å². The van der Waals surface area contributed by atoms with Crippen molar-refractivity contribution in [2.75, 3.05) is 6.61 Å². The number of hydrogen-bond donors (Lipinski definition) is 1. The maximum Gasteiger partial charge on any atom is 0.0639 e. The first-order chi connectivity index (χ1) is 6.06. The minimum atomic E-state index is 0.195. The van der Waals surface area contributed by atoms with E-state index in [0.717, 1.165) is 12.0 Å². The topological polar surface area (TPSA) is 20.2 Å². The fraction of sp³-hybridized carbons (Fsp3) is 0.667. The molecule has 0 aromatic rings. The molecule has 1 nitrogen and oxygen atoms in total. The van der Waals surface area contributed by atoms with Crippen molar-refractivity contribution in [3.8, 4) is 0 Å². The third-order valence-corrected chi connectivity index (χ3v) is 3.02. The second-order valence-electron chi connectivity index (χ2n) is 4.60. The van der Waals surface area contributed by atoms with Gasteiger partial charge in [-0.2, -0.15) is 0 Å². The summed E-state index contributed by atoms with van der Waals surface area (Å²) in [5, 5.41) is 8.85. The van der Waals surface area contributed by atoms with Crippen LogP contribution in [0.3, 0.4) is 0 Å². The molecule has 1 rings (SSSR count). The Bertz CT molecular complexity index is 223. The van der Waals surface area contributed by atoms with E-state index >= 15 is 0 Å². The predicted octanol–water partition coefficient (Wildman–Crippen LogP) is 2.92. The van der Waals surface area contributed by atoms with Crippen LogP contribution in [0.25, 0.3) is 0 Å². The summed E-state index contributed by atoms with van der Waals surface area (Å²) in [5.74, 6) is 0.717. The first-order valence-electron chi connectivity index (χ1n) is 5.00. The lowest BCUT2D eigenvalue weighted by molar-refractivity contribution is 0.306. The van der Waals surface area contributed by atoms with E-state index in [1.54, 1.807) is 0 Å². The summed E-state index contributed by atoms with van der Waals surface area (Å²) in [5.41, 5.74) is 1.43. The molecular weight excluding hydrogens is 160 g/mol. The Labute approximate surface area is 81.2 Å². The van der Waals surface area contributed by atoms with Gasteiger partial charge in [0.15, 0.2) is 0 Å². The average Bonchev–Trinajstić information content (AvgIpc) is 2.41. The second-order valence-corrected chi connectivity index (χ2v) is 4.60. The van der Waals surface area contributed by atoms with Gasteiger partial charge >= 0.3 is 0 Å². The Morgan fingerprint density at radius 1 is 1.62 bits per heavy atom. The lowest BCUT2D eigenvalue weighted by atomic mass is 9.80. The molecule has 1 unspecified atom stereocenters. The number of rotatable bonds is 3. The summed E-state index contributed by atoms with van der Waals surface area (Å²) >= 11 is 0. The molecular formula is C12H20O. The summed E-state index contributed by atoms with van der Waals surface area (Å²) in [6, 6.07) is 0. The largest absolute Gasteiger partial charge is 0.392 e.